The second-order valence-electron chi connectivity index (χ2n) is 5.16. The van der Waals surface area contributed by atoms with Crippen molar-refractivity contribution in [3.63, 3.8) is 0 Å². The molecule has 0 spiro atoms. The Kier molecular flexibility index (Phi) is 6.98. The Labute approximate surface area is 142 Å². The molecule has 120 valence electrons. The number of benzene rings is 1. The summed E-state index contributed by atoms with van der Waals surface area (Å²) in [5, 5.41) is 9.98. The Morgan fingerprint density at radius 1 is 1.32 bits per heavy atom. The van der Waals surface area contributed by atoms with Crippen molar-refractivity contribution in [1.82, 2.24) is 4.90 Å². The van der Waals surface area contributed by atoms with Gasteiger partial charge in [-0.05, 0) is 41.2 Å². The molecule has 6 heteroatoms. The van der Waals surface area contributed by atoms with E-state index in [9.17, 15) is 9.50 Å². The molecule has 2 aromatic rings. The van der Waals surface area contributed by atoms with Crippen molar-refractivity contribution in [3.8, 4) is 0 Å². The number of likely N-dealkylation sites (N-methyl/N-ethyl adjacent to an activating group) is 1. The Morgan fingerprint density at radius 2 is 2.09 bits per heavy atom. The number of halogens is 2. The number of nitrogens with zero attached hydrogens (tertiary/aromatic N) is 1. The molecule has 0 saturated carbocycles. The Bertz CT molecular complexity index is 593. The topological polar surface area (TPSA) is 32.7 Å². The van der Waals surface area contributed by atoms with Crippen LogP contribution in [-0.4, -0.2) is 36.3 Å². The lowest BCUT2D eigenvalue weighted by Gasteiger charge is -2.20. The molecule has 3 nitrogen and oxygen atoms in total. The molecule has 1 N–H and O–H groups in total. The Balaban J connectivity index is 1.69. The van der Waals surface area contributed by atoms with Gasteiger partial charge in [-0.25, -0.2) is 4.39 Å². The number of rotatable bonds is 8. The molecule has 1 heterocycles. The van der Waals surface area contributed by atoms with E-state index in [1.165, 1.54) is 10.9 Å². The second-order valence-corrected chi connectivity index (χ2v) is 7.71. The van der Waals surface area contributed by atoms with Crippen molar-refractivity contribution in [2.45, 2.75) is 19.3 Å². The van der Waals surface area contributed by atoms with E-state index in [1.54, 1.807) is 29.5 Å². The molecule has 1 aromatic heterocycles. The maximum atomic E-state index is 13.4. The van der Waals surface area contributed by atoms with Crippen LogP contribution in [0.25, 0.3) is 0 Å². The van der Waals surface area contributed by atoms with Gasteiger partial charge in [-0.3, -0.25) is 4.90 Å². The van der Waals surface area contributed by atoms with Gasteiger partial charge >= 0.3 is 0 Å². The molecule has 0 bridgehead atoms. The maximum absolute atomic E-state index is 13.4. The fourth-order valence-corrected chi connectivity index (χ4v) is 3.66. The second kappa shape index (κ2) is 8.74. The van der Waals surface area contributed by atoms with Crippen molar-refractivity contribution in [3.05, 3.63) is 56.4 Å². The first-order valence-corrected chi connectivity index (χ1v) is 8.57. The van der Waals surface area contributed by atoms with Crippen LogP contribution in [0.1, 0.15) is 10.4 Å². The molecular weight excluding hydrogens is 369 g/mol. The van der Waals surface area contributed by atoms with Crippen molar-refractivity contribution in [2.24, 2.45) is 0 Å². The van der Waals surface area contributed by atoms with E-state index >= 15 is 0 Å². The van der Waals surface area contributed by atoms with E-state index in [-0.39, 0.29) is 19.0 Å². The standard InChI is InChI=1S/C16H19BrFNO2S/c1-19(9-14-6-7-16(17)22-14)8-13(20)11-21-10-12-4-2-3-5-15(12)18/h2-7,13,20H,8-11H2,1H3. The smallest absolute Gasteiger partial charge is 0.128 e. The summed E-state index contributed by atoms with van der Waals surface area (Å²) in [5.74, 6) is -0.280. The minimum Gasteiger partial charge on any atom is -0.389 e. The van der Waals surface area contributed by atoms with E-state index in [1.807, 2.05) is 18.0 Å². The molecule has 0 saturated heterocycles. The van der Waals surface area contributed by atoms with E-state index in [2.05, 4.69) is 22.0 Å². The number of aliphatic hydroxyl groups excluding tert-OH is 1. The summed E-state index contributed by atoms with van der Waals surface area (Å²) in [5.41, 5.74) is 0.506. The van der Waals surface area contributed by atoms with Crippen LogP contribution in [0, 0.1) is 5.82 Å². The first-order chi connectivity index (χ1) is 10.5. The third kappa shape index (κ3) is 5.78. The third-order valence-corrected chi connectivity index (χ3v) is 4.71. The van der Waals surface area contributed by atoms with Crippen molar-refractivity contribution >= 4 is 27.3 Å². The highest BCUT2D eigenvalue weighted by molar-refractivity contribution is 9.11. The summed E-state index contributed by atoms with van der Waals surface area (Å²) in [7, 11) is 1.95. The monoisotopic (exact) mass is 387 g/mol. The summed E-state index contributed by atoms with van der Waals surface area (Å²) in [4.78, 5) is 3.27. The number of thiophene rings is 1. The zero-order valence-electron chi connectivity index (χ0n) is 12.3. The average molecular weight is 388 g/mol. The van der Waals surface area contributed by atoms with Crippen LogP contribution >= 0.6 is 27.3 Å². The van der Waals surface area contributed by atoms with E-state index in [0.717, 1.165) is 10.3 Å². The highest BCUT2D eigenvalue weighted by atomic mass is 79.9. The molecule has 1 atom stereocenters. The fraction of sp³-hybridized carbons (Fsp3) is 0.375. The normalized spacial score (nSPS) is 12.8. The number of ether oxygens (including phenoxy) is 1. The zero-order chi connectivity index (χ0) is 15.9. The minimum atomic E-state index is -0.597. The molecule has 22 heavy (non-hydrogen) atoms. The van der Waals surface area contributed by atoms with Crippen LogP contribution < -0.4 is 0 Å². The molecule has 1 aromatic carbocycles. The summed E-state index contributed by atoms with van der Waals surface area (Å²) >= 11 is 5.12. The number of hydrogen-bond acceptors (Lipinski definition) is 4. The molecule has 0 fully saturated rings. The van der Waals surface area contributed by atoms with Crippen molar-refractivity contribution in [2.75, 3.05) is 20.2 Å². The summed E-state index contributed by atoms with van der Waals surface area (Å²) in [6, 6.07) is 10.6. The zero-order valence-corrected chi connectivity index (χ0v) is 14.7. The lowest BCUT2D eigenvalue weighted by molar-refractivity contribution is 0.0120. The van der Waals surface area contributed by atoms with Gasteiger partial charge in [-0.1, -0.05) is 18.2 Å². The lowest BCUT2D eigenvalue weighted by Crippen LogP contribution is -2.31. The van der Waals surface area contributed by atoms with Crippen LogP contribution in [0.15, 0.2) is 40.2 Å². The molecule has 0 amide bonds. The van der Waals surface area contributed by atoms with Crippen molar-refractivity contribution < 1.29 is 14.2 Å². The predicted octanol–water partition coefficient (Wildman–Crippen LogP) is 3.66. The van der Waals surface area contributed by atoms with Gasteiger partial charge < -0.3 is 9.84 Å². The molecule has 2 rings (SSSR count). The van der Waals surface area contributed by atoms with E-state index in [0.29, 0.717) is 12.1 Å². The van der Waals surface area contributed by atoms with Crippen LogP contribution in [0.4, 0.5) is 4.39 Å². The highest BCUT2D eigenvalue weighted by Crippen LogP contribution is 2.22. The predicted molar refractivity (Wildman–Crippen MR) is 90.4 cm³/mol. The number of hydrogen-bond donors (Lipinski definition) is 1. The minimum absolute atomic E-state index is 0.172. The quantitative estimate of drug-likeness (QED) is 0.749. The van der Waals surface area contributed by atoms with Gasteiger partial charge in [-0.15, -0.1) is 11.3 Å². The van der Waals surface area contributed by atoms with Gasteiger partial charge in [0.25, 0.3) is 0 Å². The molecular formula is C16H19BrFNO2S. The van der Waals surface area contributed by atoms with Crippen LogP contribution in [0.3, 0.4) is 0 Å². The summed E-state index contributed by atoms with van der Waals surface area (Å²) < 4.78 is 19.9. The highest BCUT2D eigenvalue weighted by Gasteiger charge is 2.10. The van der Waals surface area contributed by atoms with Crippen LogP contribution in [0.5, 0.6) is 0 Å². The molecule has 0 aliphatic heterocycles. The van der Waals surface area contributed by atoms with Gasteiger partial charge in [0, 0.05) is 23.5 Å². The van der Waals surface area contributed by atoms with Crippen LogP contribution in [0.2, 0.25) is 0 Å². The molecule has 1 unspecified atom stereocenters. The van der Waals surface area contributed by atoms with Crippen LogP contribution in [-0.2, 0) is 17.9 Å². The molecule has 0 radical (unpaired) electrons. The lowest BCUT2D eigenvalue weighted by atomic mass is 10.2. The first kappa shape index (κ1) is 17.6. The van der Waals surface area contributed by atoms with Gasteiger partial charge in [0.15, 0.2) is 0 Å². The van der Waals surface area contributed by atoms with Crippen molar-refractivity contribution in [1.29, 1.82) is 0 Å². The SMILES string of the molecule is CN(Cc1ccc(Br)s1)CC(O)COCc1ccccc1F. The number of aliphatic hydroxyl groups is 1. The van der Waals surface area contributed by atoms with Gasteiger partial charge in [0.1, 0.15) is 5.82 Å². The first-order valence-electron chi connectivity index (χ1n) is 6.96. The van der Waals surface area contributed by atoms with E-state index < -0.39 is 6.10 Å². The molecule has 0 aliphatic rings. The summed E-state index contributed by atoms with van der Waals surface area (Å²) in [6.07, 6.45) is -0.597. The largest absolute Gasteiger partial charge is 0.389 e. The maximum Gasteiger partial charge on any atom is 0.128 e. The Morgan fingerprint density at radius 3 is 2.77 bits per heavy atom. The Hall–Kier alpha value is -0.790. The van der Waals surface area contributed by atoms with Gasteiger partial charge in [0.05, 0.1) is 23.1 Å². The van der Waals surface area contributed by atoms with Gasteiger partial charge in [-0.2, -0.15) is 0 Å². The molecule has 0 aliphatic carbocycles. The third-order valence-electron chi connectivity index (χ3n) is 3.10. The fourth-order valence-electron chi connectivity index (χ4n) is 2.10. The van der Waals surface area contributed by atoms with Gasteiger partial charge in [0.2, 0.25) is 0 Å². The van der Waals surface area contributed by atoms with E-state index in [4.69, 9.17) is 4.74 Å². The summed E-state index contributed by atoms with van der Waals surface area (Å²) in [6.45, 7) is 1.64. The average Bonchev–Trinajstić information content (AvgIpc) is 2.86.